The zero-order valence-corrected chi connectivity index (χ0v) is 9.42. The van der Waals surface area contributed by atoms with Crippen molar-refractivity contribution >= 4 is 27.4 Å². The van der Waals surface area contributed by atoms with E-state index >= 15 is 0 Å². The van der Waals surface area contributed by atoms with E-state index in [0.717, 1.165) is 17.5 Å². The fraction of sp³-hybridized carbons (Fsp3) is 0.500. The molecule has 0 aliphatic carbocycles. The number of rotatable bonds is 2. The van der Waals surface area contributed by atoms with Gasteiger partial charge < -0.3 is 5.32 Å². The molecule has 1 aromatic heterocycles. The normalized spacial score (nSPS) is 11.1. The summed E-state index contributed by atoms with van der Waals surface area (Å²) in [4.78, 5) is 25.1. The Kier molecular flexibility index (Phi) is 3.04. The minimum absolute atomic E-state index is 0.0841. The first-order valence-electron chi connectivity index (χ1n) is 4.22. The fourth-order valence-electron chi connectivity index (χ4n) is 0.692. The van der Waals surface area contributed by atoms with E-state index in [2.05, 4.69) is 10.3 Å². The van der Waals surface area contributed by atoms with Crippen LogP contribution in [0.2, 0.25) is 0 Å². The van der Waals surface area contributed by atoms with Crippen LogP contribution in [0.1, 0.15) is 20.8 Å². The number of nitrogens with one attached hydrogen (secondary N) is 1. The largest absolute Gasteiger partial charge is 0.345 e. The summed E-state index contributed by atoms with van der Waals surface area (Å²) in [6, 6.07) is 0. The highest BCUT2D eigenvalue weighted by Crippen LogP contribution is 2.26. The SMILES string of the molecule is CC(C)(C)C(=O)Nc1ncc([N+](=O)[O-])s1. The molecule has 82 valence electrons. The first-order chi connectivity index (χ1) is 6.80. The molecule has 0 bridgehead atoms. The minimum atomic E-state index is -0.541. The minimum Gasteiger partial charge on any atom is -0.301 e. The second kappa shape index (κ2) is 3.93. The van der Waals surface area contributed by atoms with E-state index in [9.17, 15) is 14.9 Å². The van der Waals surface area contributed by atoms with Crippen molar-refractivity contribution in [1.29, 1.82) is 0 Å². The van der Waals surface area contributed by atoms with E-state index in [0.29, 0.717) is 0 Å². The summed E-state index contributed by atoms with van der Waals surface area (Å²) in [5.74, 6) is -0.216. The summed E-state index contributed by atoms with van der Waals surface area (Å²) in [5, 5.41) is 13.0. The monoisotopic (exact) mass is 229 g/mol. The summed E-state index contributed by atoms with van der Waals surface area (Å²) < 4.78 is 0. The number of aromatic nitrogens is 1. The Bertz CT molecular complexity index is 394. The Morgan fingerprint density at radius 1 is 1.60 bits per heavy atom. The van der Waals surface area contributed by atoms with Crippen LogP contribution in [0.25, 0.3) is 0 Å². The van der Waals surface area contributed by atoms with Crippen LogP contribution in [0.15, 0.2) is 6.20 Å². The zero-order valence-electron chi connectivity index (χ0n) is 8.60. The molecule has 1 N–H and O–H groups in total. The maximum atomic E-state index is 11.5. The van der Waals surface area contributed by atoms with Crippen LogP contribution in [0.3, 0.4) is 0 Å². The van der Waals surface area contributed by atoms with Crippen LogP contribution in [0.5, 0.6) is 0 Å². The third-order valence-electron chi connectivity index (χ3n) is 1.58. The van der Waals surface area contributed by atoms with Crippen molar-refractivity contribution in [2.45, 2.75) is 20.8 Å². The van der Waals surface area contributed by atoms with Gasteiger partial charge in [0.2, 0.25) is 5.91 Å². The standard InChI is InChI=1S/C8H11N3O3S/c1-8(2,3)6(12)10-7-9-4-5(15-7)11(13)14/h4H,1-3H3,(H,9,10,12). The first kappa shape index (κ1) is 11.6. The summed E-state index contributed by atoms with van der Waals surface area (Å²) >= 11 is 0.843. The molecule has 0 aliphatic rings. The molecule has 0 atom stereocenters. The van der Waals surface area contributed by atoms with Gasteiger partial charge in [-0.25, -0.2) is 4.98 Å². The van der Waals surface area contributed by atoms with Crippen LogP contribution in [-0.4, -0.2) is 15.8 Å². The summed E-state index contributed by atoms with van der Waals surface area (Å²) in [6.45, 7) is 5.26. The highest BCUT2D eigenvalue weighted by atomic mass is 32.1. The van der Waals surface area contributed by atoms with E-state index in [1.54, 1.807) is 20.8 Å². The molecule has 15 heavy (non-hydrogen) atoms. The third-order valence-corrected chi connectivity index (χ3v) is 2.44. The smallest absolute Gasteiger partial charge is 0.301 e. The Morgan fingerprint density at radius 3 is 2.60 bits per heavy atom. The first-order valence-corrected chi connectivity index (χ1v) is 5.04. The van der Waals surface area contributed by atoms with Gasteiger partial charge >= 0.3 is 5.00 Å². The highest BCUT2D eigenvalue weighted by Gasteiger charge is 2.23. The van der Waals surface area contributed by atoms with Gasteiger partial charge in [0.1, 0.15) is 6.20 Å². The maximum absolute atomic E-state index is 11.5. The van der Waals surface area contributed by atoms with E-state index in [1.807, 2.05) is 0 Å². The molecule has 0 saturated heterocycles. The number of carbonyl (C=O) groups is 1. The predicted octanol–water partition coefficient (Wildman–Crippen LogP) is 2.04. The van der Waals surface area contributed by atoms with Crippen LogP contribution < -0.4 is 5.32 Å². The lowest BCUT2D eigenvalue weighted by atomic mass is 9.96. The van der Waals surface area contributed by atoms with Crippen LogP contribution >= 0.6 is 11.3 Å². The highest BCUT2D eigenvalue weighted by molar-refractivity contribution is 7.18. The molecule has 0 aliphatic heterocycles. The van der Waals surface area contributed by atoms with Gasteiger partial charge in [0.25, 0.3) is 0 Å². The average molecular weight is 229 g/mol. The van der Waals surface area contributed by atoms with Gasteiger partial charge in [-0.3, -0.25) is 14.9 Å². The van der Waals surface area contributed by atoms with E-state index in [-0.39, 0.29) is 16.0 Å². The maximum Gasteiger partial charge on any atom is 0.345 e. The van der Waals surface area contributed by atoms with Crippen molar-refractivity contribution in [2.24, 2.45) is 5.41 Å². The lowest BCUT2D eigenvalue weighted by molar-refractivity contribution is -0.380. The van der Waals surface area contributed by atoms with Crippen LogP contribution in [0, 0.1) is 15.5 Å². The van der Waals surface area contributed by atoms with Gasteiger partial charge in [0.05, 0.1) is 4.92 Å². The van der Waals surface area contributed by atoms with E-state index in [4.69, 9.17) is 0 Å². The molecule has 6 nitrogen and oxygen atoms in total. The number of hydrogen-bond donors (Lipinski definition) is 1. The fourth-order valence-corrected chi connectivity index (χ4v) is 1.32. The van der Waals surface area contributed by atoms with Crippen molar-refractivity contribution in [3.05, 3.63) is 16.3 Å². The summed E-state index contributed by atoms with van der Waals surface area (Å²) in [6.07, 6.45) is 1.13. The molecule has 1 amide bonds. The number of nitro groups is 1. The van der Waals surface area contributed by atoms with Crippen molar-refractivity contribution in [3.63, 3.8) is 0 Å². The molecule has 7 heteroatoms. The predicted molar refractivity (Wildman–Crippen MR) is 56.9 cm³/mol. The molecule has 0 fully saturated rings. The van der Waals surface area contributed by atoms with Crippen molar-refractivity contribution in [3.8, 4) is 0 Å². The van der Waals surface area contributed by atoms with E-state index < -0.39 is 10.3 Å². The number of thiazole rings is 1. The van der Waals surface area contributed by atoms with Gasteiger partial charge in [-0.05, 0) is 11.3 Å². The lowest BCUT2D eigenvalue weighted by Crippen LogP contribution is -2.27. The molecule has 1 heterocycles. The molecule has 0 saturated carbocycles. The second-order valence-electron chi connectivity index (χ2n) is 3.96. The zero-order chi connectivity index (χ0) is 11.6. The Balaban J connectivity index is 2.74. The summed E-state index contributed by atoms with van der Waals surface area (Å²) in [7, 11) is 0. The second-order valence-corrected chi connectivity index (χ2v) is 4.97. The number of carbonyl (C=O) groups excluding carboxylic acids is 1. The van der Waals surface area contributed by atoms with E-state index in [1.165, 1.54) is 0 Å². The number of anilines is 1. The number of hydrogen-bond acceptors (Lipinski definition) is 5. The molecular formula is C8H11N3O3S. The van der Waals surface area contributed by atoms with Crippen molar-refractivity contribution in [1.82, 2.24) is 4.98 Å². The Hall–Kier alpha value is -1.50. The molecule has 0 radical (unpaired) electrons. The van der Waals surface area contributed by atoms with Crippen molar-refractivity contribution in [2.75, 3.05) is 5.32 Å². The number of amides is 1. The molecule has 0 unspecified atom stereocenters. The molecule has 1 aromatic rings. The van der Waals surface area contributed by atoms with Gasteiger partial charge in [-0.15, -0.1) is 0 Å². The molecule has 0 spiro atoms. The Morgan fingerprint density at radius 2 is 2.20 bits per heavy atom. The van der Waals surface area contributed by atoms with Crippen LogP contribution in [-0.2, 0) is 4.79 Å². The van der Waals surface area contributed by atoms with Crippen molar-refractivity contribution < 1.29 is 9.72 Å². The quantitative estimate of drug-likeness (QED) is 0.621. The summed E-state index contributed by atoms with van der Waals surface area (Å²) in [5.41, 5.74) is -0.541. The average Bonchev–Trinajstić information content (AvgIpc) is 2.50. The topological polar surface area (TPSA) is 85.1 Å². The molecular weight excluding hydrogens is 218 g/mol. The molecule has 1 rings (SSSR count). The number of nitrogens with zero attached hydrogens (tertiary/aromatic N) is 2. The van der Waals surface area contributed by atoms with Gasteiger partial charge in [-0.1, -0.05) is 20.8 Å². The van der Waals surface area contributed by atoms with Gasteiger partial charge in [-0.2, -0.15) is 0 Å². The third kappa shape index (κ3) is 2.98. The van der Waals surface area contributed by atoms with Gasteiger partial charge in [0, 0.05) is 5.41 Å². The van der Waals surface area contributed by atoms with Gasteiger partial charge in [0.15, 0.2) is 5.13 Å². The Labute approximate surface area is 90.5 Å². The van der Waals surface area contributed by atoms with Crippen LogP contribution in [0.4, 0.5) is 10.1 Å². The lowest BCUT2D eigenvalue weighted by Gasteiger charge is -2.15. The molecule has 0 aromatic carbocycles.